The summed E-state index contributed by atoms with van der Waals surface area (Å²) >= 11 is 0. The van der Waals surface area contributed by atoms with Gasteiger partial charge in [0.05, 0.1) is 19.1 Å². The summed E-state index contributed by atoms with van der Waals surface area (Å²) in [5.74, 6) is 0.219. The summed E-state index contributed by atoms with van der Waals surface area (Å²) < 4.78 is 31.3. The lowest BCUT2D eigenvalue weighted by molar-refractivity contribution is -0.140. The van der Waals surface area contributed by atoms with Gasteiger partial charge in [-0.2, -0.15) is 0 Å². The van der Waals surface area contributed by atoms with E-state index in [9.17, 15) is 18.0 Å². The number of nitrogens with zero attached hydrogens (tertiary/aromatic N) is 2. The van der Waals surface area contributed by atoms with Crippen molar-refractivity contribution in [2.45, 2.75) is 58.7 Å². The molecule has 0 aromatic heterocycles. The van der Waals surface area contributed by atoms with Gasteiger partial charge in [-0.15, -0.1) is 0 Å². The van der Waals surface area contributed by atoms with Crippen molar-refractivity contribution in [3.63, 3.8) is 0 Å². The van der Waals surface area contributed by atoms with E-state index in [2.05, 4.69) is 5.32 Å². The van der Waals surface area contributed by atoms with Crippen LogP contribution >= 0.6 is 0 Å². The molecule has 0 aliphatic carbocycles. The number of hydrogen-bond donors (Lipinski definition) is 1. The Kier molecular flexibility index (Phi) is 10.6. The van der Waals surface area contributed by atoms with E-state index in [1.54, 1.807) is 43.2 Å². The lowest BCUT2D eigenvalue weighted by Gasteiger charge is -2.30. The molecule has 0 saturated carbocycles. The summed E-state index contributed by atoms with van der Waals surface area (Å²) in [4.78, 5) is 27.7. The van der Waals surface area contributed by atoms with Crippen LogP contribution in [0.25, 0.3) is 0 Å². The monoisotopic (exact) mass is 503 g/mol. The van der Waals surface area contributed by atoms with E-state index in [1.807, 2.05) is 44.2 Å². The average molecular weight is 504 g/mol. The van der Waals surface area contributed by atoms with Gasteiger partial charge in [0.1, 0.15) is 11.8 Å². The molecule has 8 nitrogen and oxygen atoms in total. The Morgan fingerprint density at radius 3 is 2.34 bits per heavy atom. The molecule has 9 heteroatoms. The standard InChI is InChI=1S/C26H37N3O5S/c1-6-20(2)27-26(31)21(3)28(19-22-12-10-15-24(18-22)34-4)25(30)16-11-17-29(35(5,32)33)23-13-8-7-9-14-23/h7-10,12-15,18,20-21H,6,11,16-17,19H2,1-5H3,(H,27,31)/t20-,21-/m0/s1. The Labute approximate surface area is 209 Å². The maximum absolute atomic E-state index is 13.3. The summed E-state index contributed by atoms with van der Waals surface area (Å²) in [5.41, 5.74) is 1.39. The molecule has 2 atom stereocenters. The second-order valence-corrected chi connectivity index (χ2v) is 10.5. The van der Waals surface area contributed by atoms with Gasteiger partial charge in [-0.05, 0) is 56.5 Å². The zero-order chi connectivity index (χ0) is 26.0. The number of rotatable bonds is 13. The third-order valence-electron chi connectivity index (χ3n) is 5.85. The van der Waals surface area contributed by atoms with Gasteiger partial charge in [0.25, 0.3) is 0 Å². The molecule has 0 bridgehead atoms. The molecule has 192 valence electrons. The van der Waals surface area contributed by atoms with Crippen LogP contribution in [0.15, 0.2) is 54.6 Å². The maximum atomic E-state index is 13.3. The van der Waals surface area contributed by atoms with E-state index in [1.165, 1.54) is 4.31 Å². The molecule has 0 aliphatic heterocycles. The molecule has 0 fully saturated rings. The number of anilines is 1. The number of carbonyl (C=O) groups excluding carboxylic acids is 2. The fourth-order valence-electron chi connectivity index (χ4n) is 3.61. The first-order valence-electron chi connectivity index (χ1n) is 11.8. The average Bonchev–Trinajstić information content (AvgIpc) is 2.84. The highest BCUT2D eigenvalue weighted by atomic mass is 32.2. The van der Waals surface area contributed by atoms with Crippen molar-refractivity contribution < 1.29 is 22.7 Å². The number of sulfonamides is 1. The number of benzene rings is 2. The first kappa shape index (κ1) is 28.2. The number of methoxy groups -OCH3 is 1. The molecule has 2 amide bonds. The predicted octanol–water partition coefficient (Wildman–Crippen LogP) is 3.57. The van der Waals surface area contributed by atoms with Crippen molar-refractivity contribution in [3.8, 4) is 5.75 Å². The summed E-state index contributed by atoms with van der Waals surface area (Å²) in [5, 5.41) is 2.94. The normalized spacial score (nSPS) is 12.9. The summed E-state index contributed by atoms with van der Waals surface area (Å²) in [6.07, 6.45) is 2.35. The Balaban J connectivity index is 2.17. The summed E-state index contributed by atoms with van der Waals surface area (Å²) in [6.45, 7) is 6.01. The van der Waals surface area contributed by atoms with Gasteiger partial charge in [-0.3, -0.25) is 13.9 Å². The lowest BCUT2D eigenvalue weighted by Crippen LogP contribution is -2.49. The topological polar surface area (TPSA) is 96.0 Å². The molecule has 2 aromatic carbocycles. The minimum Gasteiger partial charge on any atom is -0.497 e. The second-order valence-electron chi connectivity index (χ2n) is 8.64. The van der Waals surface area contributed by atoms with Crippen LogP contribution in [0.2, 0.25) is 0 Å². The zero-order valence-corrected chi connectivity index (χ0v) is 22.0. The molecule has 0 heterocycles. The molecular weight excluding hydrogens is 466 g/mol. The Hall–Kier alpha value is -3.07. The van der Waals surface area contributed by atoms with Crippen LogP contribution in [0.1, 0.15) is 45.6 Å². The molecule has 2 rings (SSSR count). The SMILES string of the molecule is CC[C@H](C)NC(=O)[C@H](C)N(Cc1cccc(OC)c1)C(=O)CCCN(c1ccccc1)S(C)(=O)=O. The molecule has 2 aromatic rings. The van der Waals surface area contributed by atoms with Gasteiger partial charge in [0.2, 0.25) is 21.8 Å². The van der Waals surface area contributed by atoms with Crippen LogP contribution in [0.4, 0.5) is 5.69 Å². The first-order chi connectivity index (χ1) is 16.6. The van der Waals surface area contributed by atoms with Gasteiger partial charge >= 0.3 is 0 Å². The van der Waals surface area contributed by atoms with E-state index in [0.29, 0.717) is 17.9 Å². The first-order valence-corrected chi connectivity index (χ1v) is 13.7. The van der Waals surface area contributed by atoms with Gasteiger partial charge in [-0.1, -0.05) is 37.3 Å². The third-order valence-corrected chi connectivity index (χ3v) is 7.05. The number of amides is 2. The molecule has 1 N–H and O–H groups in total. The molecule has 0 saturated heterocycles. The number of carbonyl (C=O) groups is 2. The molecule has 0 aliphatic rings. The lowest BCUT2D eigenvalue weighted by atomic mass is 10.1. The molecule has 0 spiro atoms. The van der Waals surface area contributed by atoms with E-state index in [4.69, 9.17) is 4.74 Å². The Bertz CT molecular complexity index is 1080. The number of hydrogen-bond acceptors (Lipinski definition) is 5. The van der Waals surface area contributed by atoms with Gasteiger partial charge in [0.15, 0.2) is 0 Å². The largest absolute Gasteiger partial charge is 0.497 e. The maximum Gasteiger partial charge on any atom is 0.242 e. The van der Waals surface area contributed by atoms with Crippen molar-refractivity contribution in [2.24, 2.45) is 0 Å². The third kappa shape index (κ3) is 8.58. The van der Waals surface area contributed by atoms with E-state index in [0.717, 1.165) is 18.2 Å². The summed E-state index contributed by atoms with van der Waals surface area (Å²) in [7, 11) is -1.93. The molecular formula is C26H37N3O5S. The van der Waals surface area contributed by atoms with Gasteiger partial charge < -0.3 is 15.0 Å². The zero-order valence-electron chi connectivity index (χ0n) is 21.2. The fourth-order valence-corrected chi connectivity index (χ4v) is 4.58. The highest BCUT2D eigenvalue weighted by Gasteiger charge is 2.27. The second kappa shape index (κ2) is 13.1. The van der Waals surface area contributed by atoms with Crippen molar-refractivity contribution in [3.05, 3.63) is 60.2 Å². The van der Waals surface area contributed by atoms with E-state index < -0.39 is 16.1 Å². The smallest absolute Gasteiger partial charge is 0.242 e. The minimum atomic E-state index is -3.51. The minimum absolute atomic E-state index is 0.00656. The highest BCUT2D eigenvalue weighted by molar-refractivity contribution is 7.92. The number of para-hydroxylation sites is 1. The van der Waals surface area contributed by atoms with Gasteiger partial charge in [-0.25, -0.2) is 8.42 Å². The fraction of sp³-hybridized carbons (Fsp3) is 0.462. The molecule has 0 unspecified atom stereocenters. The number of nitrogens with one attached hydrogen (secondary N) is 1. The van der Waals surface area contributed by atoms with Crippen molar-refractivity contribution >= 4 is 27.5 Å². The number of ether oxygens (including phenoxy) is 1. The van der Waals surface area contributed by atoms with Crippen LogP contribution in [0, 0.1) is 0 Å². The predicted molar refractivity (Wildman–Crippen MR) is 139 cm³/mol. The van der Waals surface area contributed by atoms with Crippen LogP contribution in [-0.2, 0) is 26.2 Å². The van der Waals surface area contributed by atoms with Crippen LogP contribution in [0.5, 0.6) is 5.75 Å². The quantitative estimate of drug-likeness (QED) is 0.451. The van der Waals surface area contributed by atoms with Crippen molar-refractivity contribution in [2.75, 3.05) is 24.2 Å². The Morgan fingerprint density at radius 1 is 1.06 bits per heavy atom. The van der Waals surface area contributed by atoms with Crippen LogP contribution in [0.3, 0.4) is 0 Å². The van der Waals surface area contributed by atoms with Crippen LogP contribution < -0.4 is 14.4 Å². The van der Waals surface area contributed by atoms with Crippen molar-refractivity contribution in [1.29, 1.82) is 0 Å². The Morgan fingerprint density at radius 2 is 1.74 bits per heavy atom. The van der Waals surface area contributed by atoms with Crippen LogP contribution in [-0.4, -0.2) is 57.1 Å². The summed E-state index contributed by atoms with van der Waals surface area (Å²) in [6, 6.07) is 15.5. The highest BCUT2D eigenvalue weighted by Crippen LogP contribution is 2.20. The van der Waals surface area contributed by atoms with Crippen molar-refractivity contribution in [1.82, 2.24) is 10.2 Å². The molecule has 35 heavy (non-hydrogen) atoms. The van der Waals surface area contributed by atoms with E-state index in [-0.39, 0.29) is 37.4 Å². The van der Waals surface area contributed by atoms with Gasteiger partial charge in [0, 0.05) is 25.6 Å². The molecule has 0 radical (unpaired) electrons. The van der Waals surface area contributed by atoms with E-state index >= 15 is 0 Å².